The van der Waals surface area contributed by atoms with Crippen LogP contribution in [0.15, 0.2) is 0 Å². The van der Waals surface area contributed by atoms with Gasteiger partial charge in [0.15, 0.2) is 0 Å². The molecule has 2 saturated heterocycles. The van der Waals surface area contributed by atoms with E-state index in [1.807, 2.05) is 0 Å². The van der Waals surface area contributed by atoms with Crippen molar-refractivity contribution in [1.29, 1.82) is 0 Å². The Kier molecular flexibility index (Phi) is 7.51. The minimum Gasteiger partial charge on any atom is -0.372 e. The lowest BCUT2D eigenvalue weighted by Crippen LogP contribution is -2.49. The summed E-state index contributed by atoms with van der Waals surface area (Å²) in [5.41, 5.74) is 0.348. The van der Waals surface area contributed by atoms with E-state index in [-0.39, 0.29) is 12.2 Å². The zero-order valence-electron chi connectivity index (χ0n) is 16.6. The molecule has 2 heterocycles. The summed E-state index contributed by atoms with van der Waals surface area (Å²) in [4.78, 5) is 4.80. The molecule has 0 spiro atoms. The first-order valence-electron chi connectivity index (χ1n) is 9.97. The minimum absolute atomic E-state index is 0.181. The van der Waals surface area contributed by atoms with Crippen molar-refractivity contribution < 1.29 is 9.13 Å². The van der Waals surface area contributed by atoms with Crippen LogP contribution < -0.4 is 0 Å². The van der Waals surface area contributed by atoms with Gasteiger partial charge < -0.3 is 14.5 Å². The van der Waals surface area contributed by atoms with Gasteiger partial charge in [-0.2, -0.15) is 0 Å². The summed E-state index contributed by atoms with van der Waals surface area (Å²) in [5.74, 6) is 0.690. The van der Waals surface area contributed by atoms with Crippen molar-refractivity contribution in [2.45, 2.75) is 78.7 Å². The molecule has 0 saturated carbocycles. The highest BCUT2D eigenvalue weighted by atomic mass is 19.1. The molecule has 0 amide bonds. The summed E-state index contributed by atoms with van der Waals surface area (Å²) in [7, 11) is 0. The smallest absolute Gasteiger partial charge is 0.139 e. The first-order valence-corrected chi connectivity index (χ1v) is 9.97. The predicted molar refractivity (Wildman–Crippen MR) is 99.2 cm³/mol. The molecule has 24 heavy (non-hydrogen) atoms. The second-order valence-electron chi connectivity index (χ2n) is 9.50. The van der Waals surface area contributed by atoms with Crippen LogP contribution in [0.5, 0.6) is 0 Å². The van der Waals surface area contributed by atoms with E-state index in [1.54, 1.807) is 0 Å². The second-order valence-corrected chi connectivity index (χ2v) is 9.50. The molecule has 2 fully saturated rings. The Morgan fingerprint density at radius 2 is 1.67 bits per heavy atom. The highest BCUT2D eigenvalue weighted by molar-refractivity contribution is 4.84. The van der Waals surface area contributed by atoms with Crippen molar-refractivity contribution in [3.05, 3.63) is 0 Å². The Morgan fingerprint density at radius 3 is 2.21 bits per heavy atom. The third kappa shape index (κ3) is 6.97. The molecule has 0 aliphatic carbocycles. The Hall–Kier alpha value is -0.190. The summed E-state index contributed by atoms with van der Waals surface area (Å²) in [6.45, 7) is 17.2. The van der Waals surface area contributed by atoms with E-state index >= 15 is 0 Å². The van der Waals surface area contributed by atoms with Crippen LogP contribution in [0.4, 0.5) is 4.39 Å². The van der Waals surface area contributed by atoms with E-state index < -0.39 is 6.17 Å². The third-order valence-electron chi connectivity index (χ3n) is 5.19. The Balaban J connectivity index is 1.68. The second kappa shape index (κ2) is 8.95. The molecule has 2 aliphatic heterocycles. The van der Waals surface area contributed by atoms with E-state index in [2.05, 4.69) is 44.4 Å². The van der Waals surface area contributed by atoms with E-state index in [1.165, 1.54) is 0 Å². The summed E-state index contributed by atoms with van der Waals surface area (Å²) < 4.78 is 20.7. The van der Waals surface area contributed by atoms with Crippen LogP contribution >= 0.6 is 0 Å². The van der Waals surface area contributed by atoms with Crippen molar-refractivity contribution in [3.63, 3.8) is 0 Å². The maximum Gasteiger partial charge on any atom is 0.139 e. The van der Waals surface area contributed by atoms with Gasteiger partial charge >= 0.3 is 0 Å². The standard InChI is InChI=1S/C20H39FN2O/c1-16(2)6-10-22-13-9-19(18(21)14-22)24-17-7-11-23(12-8-17)15-20(3,4)5/h16-19H,6-15H2,1-5H3. The van der Waals surface area contributed by atoms with Crippen molar-refractivity contribution in [3.8, 4) is 0 Å². The van der Waals surface area contributed by atoms with Gasteiger partial charge in [0.1, 0.15) is 6.17 Å². The number of likely N-dealkylation sites (tertiary alicyclic amines) is 2. The molecular formula is C20H39FN2O. The van der Waals surface area contributed by atoms with E-state index in [0.29, 0.717) is 17.9 Å². The topological polar surface area (TPSA) is 15.7 Å². The van der Waals surface area contributed by atoms with Gasteiger partial charge in [0.2, 0.25) is 0 Å². The monoisotopic (exact) mass is 342 g/mol. The fourth-order valence-corrected chi connectivity index (χ4v) is 3.86. The first-order chi connectivity index (χ1) is 11.2. The summed E-state index contributed by atoms with van der Waals surface area (Å²) in [5, 5.41) is 0. The first kappa shape index (κ1) is 20.1. The normalized spacial score (nSPS) is 28.6. The molecule has 2 rings (SSSR count). The summed E-state index contributed by atoms with van der Waals surface area (Å²) >= 11 is 0. The highest BCUT2D eigenvalue weighted by Crippen LogP contribution is 2.25. The molecule has 142 valence electrons. The number of alkyl halides is 1. The number of nitrogens with zero attached hydrogens (tertiary/aromatic N) is 2. The van der Waals surface area contributed by atoms with Gasteiger partial charge in [-0.3, -0.25) is 0 Å². The average molecular weight is 343 g/mol. The maximum absolute atomic E-state index is 14.5. The van der Waals surface area contributed by atoms with Crippen LogP contribution in [0.3, 0.4) is 0 Å². The van der Waals surface area contributed by atoms with E-state index in [0.717, 1.165) is 58.4 Å². The van der Waals surface area contributed by atoms with Crippen LogP contribution in [0.1, 0.15) is 60.3 Å². The largest absolute Gasteiger partial charge is 0.372 e. The van der Waals surface area contributed by atoms with Gasteiger partial charge in [-0.1, -0.05) is 34.6 Å². The van der Waals surface area contributed by atoms with Crippen LogP contribution in [-0.4, -0.2) is 67.4 Å². The lowest BCUT2D eigenvalue weighted by Gasteiger charge is -2.40. The quantitative estimate of drug-likeness (QED) is 0.726. The molecule has 0 aromatic carbocycles. The van der Waals surface area contributed by atoms with Crippen LogP contribution in [-0.2, 0) is 4.74 Å². The number of ether oxygens (including phenoxy) is 1. The van der Waals surface area contributed by atoms with Crippen molar-refractivity contribution >= 4 is 0 Å². The molecule has 3 nitrogen and oxygen atoms in total. The lowest BCUT2D eigenvalue weighted by atomic mass is 9.94. The van der Waals surface area contributed by atoms with Crippen LogP contribution in [0.25, 0.3) is 0 Å². The van der Waals surface area contributed by atoms with Gasteiger partial charge in [-0.05, 0) is 43.6 Å². The predicted octanol–water partition coefficient (Wildman–Crippen LogP) is 3.97. The summed E-state index contributed by atoms with van der Waals surface area (Å²) in [6, 6.07) is 0. The van der Waals surface area contributed by atoms with Crippen LogP contribution in [0, 0.1) is 11.3 Å². The fraction of sp³-hybridized carbons (Fsp3) is 1.00. The van der Waals surface area contributed by atoms with E-state index in [9.17, 15) is 4.39 Å². The van der Waals surface area contributed by atoms with Gasteiger partial charge in [0, 0.05) is 32.7 Å². The van der Waals surface area contributed by atoms with Gasteiger partial charge in [-0.25, -0.2) is 4.39 Å². The third-order valence-corrected chi connectivity index (χ3v) is 5.19. The van der Waals surface area contributed by atoms with Crippen LogP contribution in [0.2, 0.25) is 0 Å². The van der Waals surface area contributed by atoms with Gasteiger partial charge in [0.25, 0.3) is 0 Å². The molecule has 2 unspecified atom stereocenters. The lowest BCUT2D eigenvalue weighted by molar-refractivity contribution is -0.0999. The Morgan fingerprint density at radius 1 is 1.04 bits per heavy atom. The zero-order chi connectivity index (χ0) is 17.7. The molecule has 0 N–H and O–H groups in total. The molecule has 0 aromatic heterocycles. The van der Waals surface area contributed by atoms with Crippen molar-refractivity contribution in [2.75, 3.05) is 39.3 Å². The minimum atomic E-state index is -0.821. The Bertz CT molecular complexity index is 361. The number of piperidine rings is 2. The number of hydrogen-bond donors (Lipinski definition) is 0. The molecule has 2 atom stereocenters. The average Bonchev–Trinajstić information content (AvgIpc) is 2.48. The molecule has 0 radical (unpaired) electrons. The van der Waals surface area contributed by atoms with E-state index in [4.69, 9.17) is 4.74 Å². The number of halogens is 1. The fourth-order valence-electron chi connectivity index (χ4n) is 3.86. The zero-order valence-corrected chi connectivity index (χ0v) is 16.6. The summed E-state index contributed by atoms with van der Waals surface area (Å²) in [6.07, 6.45) is 3.36. The molecule has 4 heteroatoms. The van der Waals surface area contributed by atoms with Crippen molar-refractivity contribution in [2.24, 2.45) is 11.3 Å². The Labute approximate surface area is 148 Å². The molecular weight excluding hydrogens is 303 g/mol. The molecule has 2 aliphatic rings. The molecule has 0 aromatic rings. The van der Waals surface area contributed by atoms with Gasteiger partial charge in [-0.15, -0.1) is 0 Å². The van der Waals surface area contributed by atoms with Gasteiger partial charge in [0.05, 0.1) is 12.2 Å². The number of rotatable bonds is 6. The number of hydrogen-bond acceptors (Lipinski definition) is 3. The maximum atomic E-state index is 14.5. The van der Waals surface area contributed by atoms with Crippen molar-refractivity contribution in [1.82, 2.24) is 9.80 Å². The molecule has 0 bridgehead atoms. The SMILES string of the molecule is CC(C)CCN1CCC(OC2CCN(CC(C)(C)C)CC2)C(F)C1. The highest BCUT2D eigenvalue weighted by Gasteiger charge is 2.33.